The maximum atomic E-state index is 5.95. The molecule has 17 heavy (non-hydrogen) atoms. The number of hydrogen-bond acceptors (Lipinski definition) is 3. The average molecular weight is 251 g/mol. The number of hydrogen-bond donors (Lipinski definition) is 0. The highest BCUT2D eigenvalue weighted by Crippen LogP contribution is 2.29. The molecule has 1 unspecified atom stereocenters. The zero-order valence-electron chi connectivity index (χ0n) is 9.80. The van der Waals surface area contributed by atoms with Crippen molar-refractivity contribution < 1.29 is 0 Å². The van der Waals surface area contributed by atoms with E-state index in [1.807, 2.05) is 18.3 Å². The SMILES string of the molecule is CCN1CCCC1c1nc2cc(Cl)ccn2n1. The standard InChI is InChI=1S/C12H15ClN4/c1-2-16-6-3-4-10(16)12-14-11-8-9(13)5-7-17(11)15-12/h5,7-8,10H,2-4,6H2,1H3. The van der Waals surface area contributed by atoms with E-state index in [2.05, 4.69) is 21.9 Å². The van der Waals surface area contributed by atoms with Gasteiger partial charge in [0.15, 0.2) is 11.5 Å². The van der Waals surface area contributed by atoms with Crippen LogP contribution in [-0.4, -0.2) is 32.6 Å². The molecule has 0 spiro atoms. The van der Waals surface area contributed by atoms with Gasteiger partial charge in [-0.1, -0.05) is 18.5 Å². The van der Waals surface area contributed by atoms with Crippen LogP contribution in [-0.2, 0) is 0 Å². The molecule has 3 heterocycles. The van der Waals surface area contributed by atoms with Gasteiger partial charge in [0.05, 0.1) is 6.04 Å². The molecule has 3 rings (SSSR count). The smallest absolute Gasteiger partial charge is 0.168 e. The van der Waals surface area contributed by atoms with E-state index in [1.54, 1.807) is 4.52 Å². The van der Waals surface area contributed by atoms with Crippen molar-refractivity contribution in [3.05, 3.63) is 29.2 Å². The third-order valence-electron chi connectivity index (χ3n) is 3.38. The summed E-state index contributed by atoms with van der Waals surface area (Å²) in [4.78, 5) is 7.01. The molecule has 1 aliphatic rings. The van der Waals surface area contributed by atoms with Crippen LogP contribution in [0.2, 0.25) is 5.02 Å². The number of aromatic nitrogens is 3. The number of pyridine rings is 1. The number of fused-ring (bicyclic) bond motifs is 1. The first-order valence-corrected chi connectivity index (χ1v) is 6.41. The number of nitrogens with zero attached hydrogens (tertiary/aromatic N) is 4. The first-order chi connectivity index (χ1) is 8.28. The molecular formula is C12H15ClN4. The summed E-state index contributed by atoms with van der Waals surface area (Å²) in [7, 11) is 0. The number of rotatable bonds is 2. The van der Waals surface area contributed by atoms with Gasteiger partial charge >= 0.3 is 0 Å². The minimum absolute atomic E-state index is 0.374. The highest BCUT2D eigenvalue weighted by Gasteiger charge is 2.27. The highest BCUT2D eigenvalue weighted by atomic mass is 35.5. The number of likely N-dealkylation sites (tertiary alicyclic amines) is 1. The van der Waals surface area contributed by atoms with Gasteiger partial charge in [-0.15, -0.1) is 5.10 Å². The van der Waals surface area contributed by atoms with E-state index in [9.17, 15) is 0 Å². The van der Waals surface area contributed by atoms with Crippen LogP contribution in [0.15, 0.2) is 18.3 Å². The van der Waals surface area contributed by atoms with Crippen LogP contribution >= 0.6 is 11.6 Å². The first-order valence-electron chi connectivity index (χ1n) is 6.04. The van der Waals surface area contributed by atoms with E-state index in [1.165, 1.54) is 6.42 Å². The van der Waals surface area contributed by atoms with Gasteiger partial charge in [0.2, 0.25) is 0 Å². The van der Waals surface area contributed by atoms with Crippen LogP contribution in [0.25, 0.3) is 5.65 Å². The second-order valence-electron chi connectivity index (χ2n) is 4.40. The van der Waals surface area contributed by atoms with E-state index in [4.69, 9.17) is 11.6 Å². The third-order valence-corrected chi connectivity index (χ3v) is 3.62. The molecule has 1 atom stereocenters. The summed E-state index contributed by atoms with van der Waals surface area (Å²) in [5, 5.41) is 5.24. The summed E-state index contributed by atoms with van der Waals surface area (Å²) in [6.45, 7) is 4.39. The van der Waals surface area contributed by atoms with Gasteiger partial charge < -0.3 is 0 Å². The lowest BCUT2D eigenvalue weighted by atomic mass is 10.2. The molecule has 1 aliphatic heterocycles. The maximum absolute atomic E-state index is 5.95. The van der Waals surface area contributed by atoms with Crippen LogP contribution in [0, 0.1) is 0 Å². The van der Waals surface area contributed by atoms with E-state index < -0.39 is 0 Å². The fraction of sp³-hybridized carbons (Fsp3) is 0.500. The van der Waals surface area contributed by atoms with Crippen molar-refractivity contribution in [1.29, 1.82) is 0 Å². The second kappa shape index (κ2) is 4.27. The van der Waals surface area contributed by atoms with Gasteiger partial charge in [-0.05, 0) is 32.0 Å². The Bertz CT molecular complexity index is 536. The summed E-state index contributed by atoms with van der Waals surface area (Å²) in [6, 6.07) is 4.06. The molecule has 4 nitrogen and oxygen atoms in total. The predicted octanol–water partition coefficient (Wildman–Crippen LogP) is 2.54. The van der Waals surface area contributed by atoms with Gasteiger partial charge in [-0.25, -0.2) is 9.50 Å². The van der Waals surface area contributed by atoms with Gasteiger partial charge in [-0.3, -0.25) is 4.90 Å². The molecule has 0 aliphatic carbocycles. The van der Waals surface area contributed by atoms with Crippen molar-refractivity contribution in [2.45, 2.75) is 25.8 Å². The van der Waals surface area contributed by atoms with E-state index >= 15 is 0 Å². The Balaban J connectivity index is 2.00. The van der Waals surface area contributed by atoms with Crippen molar-refractivity contribution in [2.75, 3.05) is 13.1 Å². The fourth-order valence-corrected chi connectivity index (χ4v) is 2.67. The molecule has 0 aromatic carbocycles. The molecule has 1 fully saturated rings. The molecule has 90 valence electrons. The van der Waals surface area contributed by atoms with Crippen molar-refractivity contribution >= 4 is 17.2 Å². The lowest BCUT2D eigenvalue weighted by Crippen LogP contribution is -2.23. The summed E-state index contributed by atoms with van der Waals surface area (Å²) < 4.78 is 1.80. The lowest BCUT2D eigenvalue weighted by molar-refractivity contribution is 0.262. The lowest BCUT2D eigenvalue weighted by Gasteiger charge is -2.19. The largest absolute Gasteiger partial charge is 0.294 e. The molecule has 0 radical (unpaired) electrons. The quantitative estimate of drug-likeness (QED) is 0.821. The van der Waals surface area contributed by atoms with Crippen molar-refractivity contribution in [3.8, 4) is 0 Å². The molecule has 2 aromatic heterocycles. The minimum atomic E-state index is 0.374. The topological polar surface area (TPSA) is 33.4 Å². The highest BCUT2D eigenvalue weighted by molar-refractivity contribution is 6.30. The molecule has 2 aromatic rings. The van der Waals surface area contributed by atoms with E-state index in [0.29, 0.717) is 11.1 Å². The Morgan fingerprint density at radius 2 is 2.41 bits per heavy atom. The zero-order chi connectivity index (χ0) is 11.8. The first kappa shape index (κ1) is 11.0. The monoisotopic (exact) mass is 250 g/mol. The maximum Gasteiger partial charge on any atom is 0.168 e. The second-order valence-corrected chi connectivity index (χ2v) is 4.84. The van der Waals surface area contributed by atoms with Crippen LogP contribution in [0.5, 0.6) is 0 Å². The van der Waals surface area contributed by atoms with Crippen LogP contribution in [0.1, 0.15) is 31.6 Å². The minimum Gasteiger partial charge on any atom is -0.294 e. The predicted molar refractivity (Wildman–Crippen MR) is 67.2 cm³/mol. The number of halogens is 1. The Kier molecular flexibility index (Phi) is 2.76. The Morgan fingerprint density at radius 3 is 3.24 bits per heavy atom. The third kappa shape index (κ3) is 1.91. The van der Waals surface area contributed by atoms with E-state index in [0.717, 1.165) is 31.0 Å². The van der Waals surface area contributed by atoms with Crippen molar-refractivity contribution in [1.82, 2.24) is 19.5 Å². The molecule has 5 heteroatoms. The van der Waals surface area contributed by atoms with Gasteiger partial charge in [0.1, 0.15) is 0 Å². The molecule has 0 bridgehead atoms. The fourth-order valence-electron chi connectivity index (χ4n) is 2.51. The summed E-state index contributed by atoms with van der Waals surface area (Å²) in [5.74, 6) is 0.923. The van der Waals surface area contributed by atoms with Gasteiger partial charge in [0.25, 0.3) is 0 Å². The molecule has 0 saturated carbocycles. The Hall–Kier alpha value is -1.13. The summed E-state index contributed by atoms with van der Waals surface area (Å²) >= 11 is 5.95. The summed E-state index contributed by atoms with van der Waals surface area (Å²) in [5.41, 5.74) is 0.829. The van der Waals surface area contributed by atoms with Gasteiger partial charge in [0, 0.05) is 17.3 Å². The van der Waals surface area contributed by atoms with Crippen LogP contribution in [0.3, 0.4) is 0 Å². The normalized spacial score (nSPS) is 21.4. The molecular weight excluding hydrogens is 236 g/mol. The Morgan fingerprint density at radius 1 is 1.53 bits per heavy atom. The van der Waals surface area contributed by atoms with Crippen molar-refractivity contribution in [3.63, 3.8) is 0 Å². The van der Waals surface area contributed by atoms with Gasteiger partial charge in [-0.2, -0.15) is 0 Å². The summed E-state index contributed by atoms with van der Waals surface area (Å²) in [6.07, 6.45) is 4.24. The average Bonchev–Trinajstić information content (AvgIpc) is 2.93. The van der Waals surface area contributed by atoms with E-state index in [-0.39, 0.29) is 0 Å². The Labute approximate surface area is 105 Å². The molecule has 0 N–H and O–H groups in total. The molecule has 1 saturated heterocycles. The van der Waals surface area contributed by atoms with Crippen molar-refractivity contribution in [2.24, 2.45) is 0 Å². The van der Waals surface area contributed by atoms with Crippen LogP contribution < -0.4 is 0 Å². The van der Waals surface area contributed by atoms with Crippen LogP contribution in [0.4, 0.5) is 0 Å². The molecule has 0 amide bonds. The zero-order valence-corrected chi connectivity index (χ0v) is 10.6.